The Balaban J connectivity index is 2.57. The van der Waals surface area contributed by atoms with Crippen LogP contribution in [-0.4, -0.2) is 35.7 Å². The molecule has 0 aromatic carbocycles. The Labute approximate surface area is 125 Å². The largest absolute Gasteiger partial charge is 0.356 e. The molecule has 1 fully saturated rings. The molecule has 6 heteroatoms. The fourth-order valence-corrected chi connectivity index (χ4v) is 2.42. The van der Waals surface area contributed by atoms with Gasteiger partial charge in [-0.15, -0.1) is 6.58 Å². The predicted octanol–water partition coefficient (Wildman–Crippen LogP) is 0.887. The van der Waals surface area contributed by atoms with Crippen molar-refractivity contribution in [1.82, 2.24) is 16.1 Å². The Morgan fingerprint density at radius 3 is 2.90 bits per heavy atom. The summed E-state index contributed by atoms with van der Waals surface area (Å²) in [4.78, 5) is 23.7. The van der Waals surface area contributed by atoms with E-state index in [-0.39, 0.29) is 23.8 Å². The summed E-state index contributed by atoms with van der Waals surface area (Å²) in [5, 5.41) is 14.7. The van der Waals surface area contributed by atoms with Gasteiger partial charge in [-0.05, 0) is 32.6 Å². The standard InChI is InChI=1S/C15H25N3O3/c1-3-5-7-13(18-21)15(20)17-12(6-4-2)10-11-8-9-16-14(11)19/h3-4,6,11-13,18,21H,1,5,7-10H2,2H3,(H,16,19)(H,17,20)/b6-4+/t11-,12+,13-/m0/s1. The number of hydroxylamine groups is 1. The van der Waals surface area contributed by atoms with Crippen LogP contribution >= 0.6 is 0 Å². The molecule has 1 saturated heterocycles. The highest BCUT2D eigenvalue weighted by atomic mass is 16.5. The van der Waals surface area contributed by atoms with Gasteiger partial charge >= 0.3 is 0 Å². The molecule has 3 atom stereocenters. The molecule has 0 aromatic rings. The molecule has 0 bridgehead atoms. The first-order valence-corrected chi connectivity index (χ1v) is 7.33. The molecule has 0 spiro atoms. The second-order valence-electron chi connectivity index (χ2n) is 5.20. The average molecular weight is 295 g/mol. The van der Waals surface area contributed by atoms with Crippen LogP contribution in [0.5, 0.6) is 0 Å². The van der Waals surface area contributed by atoms with Crippen molar-refractivity contribution in [2.45, 2.75) is 44.7 Å². The summed E-state index contributed by atoms with van der Waals surface area (Å²) in [7, 11) is 0. The van der Waals surface area contributed by atoms with Gasteiger partial charge in [-0.3, -0.25) is 9.59 Å². The van der Waals surface area contributed by atoms with Crippen LogP contribution in [0.2, 0.25) is 0 Å². The van der Waals surface area contributed by atoms with Crippen molar-refractivity contribution in [2.24, 2.45) is 5.92 Å². The Bertz CT molecular complexity index is 396. The molecule has 0 aliphatic carbocycles. The molecule has 1 heterocycles. The Morgan fingerprint density at radius 1 is 1.62 bits per heavy atom. The van der Waals surface area contributed by atoms with Crippen LogP contribution in [0.4, 0.5) is 0 Å². The van der Waals surface area contributed by atoms with Crippen molar-refractivity contribution in [3.05, 3.63) is 24.8 Å². The molecule has 4 N–H and O–H groups in total. The van der Waals surface area contributed by atoms with Gasteiger partial charge in [-0.2, -0.15) is 5.48 Å². The van der Waals surface area contributed by atoms with Crippen LogP contribution in [0.15, 0.2) is 24.8 Å². The van der Waals surface area contributed by atoms with E-state index in [0.717, 1.165) is 6.42 Å². The van der Waals surface area contributed by atoms with Crippen molar-refractivity contribution in [1.29, 1.82) is 0 Å². The third kappa shape index (κ3) is 5.69. The van der Waals surface area contributed by atoms with E-state index in [9.17, 15) is 9.59 Å². The van der Waals surface area contributed by atoms with Crippen molar-refractivity contribution in [2.75, 3.05) is 6.54 Å². The fourth-order valence-electron chi connectivity index (χ4n) is 2.42. The second kappa shape index (κ2) is 9.31. The van der Waals surface area contributed by atoms with Crippen LogP contribution in [0.25, 0.3) is 0 Å². The number of hydrogen-bond donors (Lipinski definition) is 4. The molecule has 21 heavy (non-hydrogen) atoms. The maximum absolute atomic E-state index is 12.1. The van der Waals surface area contributed by atoms with Crippen LogP contribution in [-0.2, 0) is 9.59 Å². The number of amides is 2. The number of hydrogen-bond acceptors (Lipinski definition) is 4. The monoisotopic (exact) mass is 295 g/mol. The SMILES string of the molecule is C=CCC[C@H](NO)C(=O)N[C@H](/C=C/C)C[C@@H]1CCNC1=O. The van der Waals surface area contributed by atoms with E-state index < -0.39 is 6.04 Å². The molecule has 1 aliphatic rings. The zero-order chi connectivity index (χ0) is 15.7. The van der Waals surface area contributed by atoms with Gasteiger partial charge in [-0.1, -0.05) is 18.2 Å². The lowest BCUT2D eigenvalue weighted by Crippen LogP contribution is -2.47. The highest BCUT2D eigenvalue weighted by Crippen LogP contribution is 2.17. The average Bonchev–Trinajstić information content (AvgIpc) is 2.85. The smallest absolute Gasteiger partial charge is 0.239 e. The van der Waals surface area contributed by atoms with E-state index in [1.165, 1.54) is 0 Å². The third-order valence-electron chi connectivity index (χ3n) is 3.59. The van der Waals surface area contributed by atoms with Crippen molar-refractivity contribution >= 4 is 11.8 Å². The van der Waals surface area contributed by atoms with Crippen LogP contribution in [0.3, 0.4) is 0 Å². The molecule has 2 amide bonds. The molecular formula is C15H25N3O3. The van der Waals surface area contributed by atoms with Gasteiger partial charge in [0.1, 0.15) is 6.04 Å². The summed E-state index contributed by atoms with van der Waals surface area (Å²) in [5.41, 5.74) is 2.02. The molecule has 1 rings (SSSR count). The van der Waals surface area contributed by atoms with E-state index in [1.54, 1.807) is 6.08 Å². The van der Waals surface area contributed by atoms with Gasteiger partial charge in [0.25, 0.3) is 0 Å². The molecule has 0 saturated carbocycles. The molecule has 0 aromatic heterocycles. The number of allylic oxidation sites excluding steroid dienone is 2. The van der Waals surface area contributed by atoms with Gasteiger partial charge in [0.05, 0.1) is 0 Å². The van der Waals surface area contributed by atoms with Gasteiger partial charge in [-0.25, -0.2) is 0 Å². The van der Waals surface area contributed by atoms with Gasteiger partial charge < -0.3 is 15.8 Å². The molecule has 118 valence electrons. The Hall–Kier alpha value is -1.66. The first-order chi connectivity index (χ1) is 10.1. The predicted molar refractivity (Wildman–Crippen MR) is 80.6 cm³/mol. The topological polar surface area (TPSA) is 90.5 Å². The molecule has 0 unspecified atom stereocenters. The van der Waals surface area contributed by atoms with Gasteiger partial charge in [0.15, 0.2) is 0 Å². The summed E-state index contributed by atoms with van der Waals surface area (Å²) in [5.74, 6) is -0.302. The number of rotatable bonds is 9. The van der Waals surface area contributed by atoms with Crippen molar-refractivity contribution < 1.29 is 14.8 Å². The maximum atomic E-state index is 12.1. The van der Waals surface area contributed by atoms with Crippen molar-refractivity contribution in [3.8, 4) is 0 Å². The third-order valence-corrected chi connectivity index (χ3v) is 3.59. The lowest BCUT2D eigenvalue weighted by Gasteiger charge is -2.21. The number of carbonyl (C=O) groups is 2. The van der Waals surface area contributed by atoms with Crippen LogP contribution in [0.1, 0.15) is 32.6 Å². The molecule has 1 aliphatic heterocycles. The lowest BCUT2D eigenvalue weighted by molar-refractivity contribution is -0.127. The minimum atomic E-state index is -0.673. The highest BCUT2D eigenvalue weighted by Gasteiger charge is 2.28. The van der Waals surface area contributed by atoms with Crippen LogP contribution in [0, 0.1) is 5.92 Å². The quantitative estimate of drug-likeness (QED) is 0.375. The fraction of sp³-hybridized carbons (Fsp3) is 0.600. The highest BCUT2D eigenvalue weighted by molar-refractivity contribution is 5.83. The number of carbonyl (C=O) groups excluding carboxylic acids is 2. The van der Waals surface area contributed by atoms with E-state index in [4.69, 9.17) is 5.21 Å². The van der Waals surface area contributed by atoms with Crippen LogP contribution < -0.4 is 16.1 Å². The summed E-state index contributed by atoms with van der Waals surface area (Å²) < 4.78 is 0. The second-order valence-corrected chi connectivity index (χ2v) is 5.20. The number of nitrogens with one attached hydrogen (secondary N) is 3. The summed E-state index contributed by atoms with van der Waals surface area (Å²) in [6, 6.07) is -0.885. The summed E-state index contributed by atoms with van der Waals surface area (Å²) in [6.07, 6.45) is 7.88. The lowest BCUT2D eigenvalue weighted by atomic mass is 9.97. The summed E-state index contributed by atoms with van der Waals surface area (Å²) in [6.45, 7) is 6.16. The minimum Gasteiger partial charge on any atom is -0.356 e. The normalized spacial score (nSPS) is 21.0. The van der Waals surface area contributed by atoms with E-state index in [0.29, 0.717) is 25.8 Å². The van der Waals surface area contributed by atoms with Gasteiger partial charge in [0, 0.05) is 18.5 Å². The maximum Gasteiger partial charge on any atom is 0.239 e. The summed E-state index contributed by atoms with van der Waals surface area (Å²) >= 11 is 0. The van der Waals surface area contributed by atoms with E-state index in [1.807, 2.05) is 24.6 Å². The van der Waals surface area contributed by atoms with E-state index >= 15 is 0 Å². The Morgan fingerprint density at radius 2 is 2.38 bits per heavy atom. The molecule has 6 nitrogen and oxygen atoms in total. The van der Waals surface area contributed by atoms with Gasteiger partial charge in [0.2, 0.25) is 11.8 Å². The zero-order valence-corrected chi connectivity index (χ0v) is 12.5. The first kappa shape index (κ1) is 17.4. The molecular weight excluding hydrogens is 270 g/mol. The van der Waals surface area contributed by atoms with Crippen molar-refractivity contribution in [3.63, 3.8) is 0 Å². The molecule has 0 radical (unpaired) electrons. The zero-order valence-electron chi connectivity index (χ0n) is 12.5. The van der Waals surface area contributed by atoms with E-state index in [2.05, 4.69) is 17.2 Å². The first-order valence-electron chi connectivity index (χ1n) is 7.33. The Kier molecular flexibility index (Phi) is 7.71. The minimum absolute atomic E-state index is 0.0437.